The van der Waals surface area contributed by atoms with Gasteiger partial charge in [-0.25, -0.2) is 10.9 Å². The number of likely N-dealkylation sites (tertiary alicyclic amines) is 1. The number of rotatable bonds is 7. The predicted molar refractivity (Wildman–Crippen MR) is 116 cm³/mol. The van der Waals surface area contributed by atoms with Crippen LogP contribution >= 0.6 is 0 Å². The molecule has 4 atom stereocenters. The number of benzene rings is 2. The van der Waals surface area contributed by atoms with Crippen molar-refractivity contribution in [3.63, 3.8) is 0 Å². The largest absolute Gasteiger partial charge is 0.508 e. The van der Waals surface area contributed by atoms with E-state index < -0.39 is 0 Å². The number of phenolic OH excluding ortho intramolecular Hbond substituents is 1. The number of methoxy groups -OCH3 is 1. The third kappa shape index (κ3) is 3.71. The van der Waals surface area contributed by atoms with E-state index in [1.165, 1.54) is 5.56 Å². The predicted octanol–water partition coefficient (Wildman–Crippen LogP) is 3.02. The molecule has 1 amide bonds. The van der Waals surface area contributed by atoms with Crippen molar-refractivity contribution in [1.82, 2.24) is 15.8 Å². The van der Waals surface area contributed by atoms with Crippen molar-refractivity contribution in [2.24, 2.45) is 5.92 Å². The molecule has 2 aliphatic heterocycles. The lowest BCUT2D eigenvalue weighted by Gasteiger charge is -2.31. The SMILES string of the molecule is CCc1ccc(C2C3C(NNC3c3cc(C)ccc3O)C(=O)N2CCCOC)cc1. The zero-order valence-electron chi connectivity index (χ0n) is 17.9. The first-order chi connectivity index (χ1) is 14.5. The van der Waals surface area contributed by atoms with E-state index in [9.17, 15) is 9.90 Å². The lowest BCUT2D eigenvalue weighted by molar-refractivity contribution is -0.131. The molecule has 0 radical (unpaired) electrons. The second-order valence-electron chi connectivity index (χ2n) is 8.30. The van der Waals surface area contributed by atoms with Crippen molar-refractivity contribution in [3.05, 3.63) is 64.7 Å². The van der Waals surface area contributed by atoms with Crippen molar-refractivity contribution in [2.45, 2.75) is 44.8 Å². The van der Waals surface area contributed by atoms with E-state index >= 15 is 0 Å². The molecule has 2 fully saturated rings. The van der Waals surface area contributed by atoms with Crippen LogP contribution in [0.5, 0.6) is 5.75 Å². The fourth-order valence-electron chi connectivity index (χ4n) is 4.87. The van der Waals surface area contributed by atoms with Crippen LogP contribution in [0.3, 0.4) is 0 Å². The average molecular weight is 410 g/mol. The van der Waals surface area contributed by atoms with Gasteiger partial charge < -0.3 is 14.7 Å². The lowest BCUT2D eigenvalue weighted by atomic mass is 9.82. The molecule has 0 bridgehead atoms. The Morgan fingerprint density at radius 2 is 1.83 bits per heavy atom. The summed E-state index contributed by atoms with van der Waals surface area (Å²) in [4.78, 5) is 15.3. The van der Waals surface area contributed by atoms with Crippen molar-refractivity contribution in [2.75, 3.05) is 20.3 Å². The number of fused-ring (bicyclic) bond motifs is 1. The van der Waals surface area contributed by atoms with Gasteiger partial charge in [0, 0.05) is 31.7 Å². The van der Waals surface area contributed by atoms with Gasteiger partial charge in [0.25, 0.3) is 0 Å². The van der Waals surface area contributed by atoms with Crippen molar-refractivity contribution >= 4 is 5.91 Å². The lowest BCUT2D eigenvalue weighted by Crippen LogP contribution is -2.41. The van der Waals surface area contributed by atoms with Crippen LogP contribution in [0.25, 0.3) is 0 Å². The first-order valence-corrected chi connectivity index (χ1v) is 10.7. The zero-order valence-corrected chi connectivity index (χ0v) is 17.9. The number of phenols is 1. The Morgan fingerprint density at radius 1 is 1.10 bits per heavy atom. The van der Waals surface area contributed by atoms with E-state index in [1.807, 2.05) is 24.0 Å². The molecule has 4 rings (SSSR count). The number of nitrogens with zero attached hydrogens (tertiary/aromatic N) is 1. The number of carbonyl (C=O) groups excluding carboxylic acids is 1. The minimum atomic E-state index is -0.326. The van der Waals surface area contributed by atoms with Crippen LogP contribution in [0, 0.1) is 12.8 Å². The van der Waals surface area contributed by atoms with Gasteiger partial charge in [0.1, 0.15) is 11.8 Å². The Hall–Kier alpha value is -2.41. The number of hydrazine groups is 1. The Kier molecular flexibility index (Phi) is 6.09. The summed E-state index contributed by atoms with van der Waals surface area (Å²) in [5, 5.41) is 10.6. The zero-order chi connectivity index (χ0) is 21.3. The molecule has 2 aliphatic rings. The van der Waals surface area contributed by atoms with Gasteiger partial charge in [-0.3, -0.25) is 4.79 Å². The molecule has 3 N–H and O–H groups in total. The summed E-state index contributed by atoms with van der Waals surface area (Å²) in [5.74, 6) is 0.328. The highest BCUT2D eigenvalue weighted by Gasteiger charge is 2.55. The third-order valence-corrected chi connectivity index (χ3v) is 6.41. The van der Waals surface area contributed by atoms with Crippen molar-refractivity contribution in [1.29, 1.82) is 0 Å². The molecule has 0 spiro atoms. The fourth-order valence-corrected chi connectivity index (χ4v) is 4.87. The summed E-state index contributed by atoms with van der Waals surface area (Å²) >= 11 is 0. The van der Waals surface area contributed by atoms with E-state index in [4.69, 9.17) is 4.74 Å². The Bertz CT molecular complexity index is 899. The van der Waals surface area contributed by atoms with E-state index in [-0.39, 0.29) is 35.7 Å². The molecule has 0 saturated carbocycles. The summed E-state index contributed by atoms with van der Waals surface area (Å²) < 4.78 is 5.22. The number of hydrogen-bond donors (Lipinski definition) is 3. The number of aromatic hydroxyl groups is 1. The number of aryl methyl sites for hydroxylation is 2. The molecule has 4 unspecified atom stereocenters. The second-order valence-corrected chi connectivity index (χ2v) is 8.30. The quantitative estimate of drug-likeness (QED) is 0.613. The van der Waals surface area contributed by atoms with Crippen molar-refractivity contribution < 1.29 is 14.6 Å². The average Bonchev–Trinajstić information content (AvgIpc) is 3.29. The third-order valence-electron chi connectivity index (χ3n) is 6.41. The summed E-state index contributed by atoms with van der Waals surface area (Å²) in [5.41, 5.74) is 10.8. The van der Waals surface area contributed by atoms with Crippen LogP contribution in [0.4, 0.5) is 0 Å². The number of hydrogen-bond acceptors (Lipinski definition) is 5. The smallest absolute Gasteiger partial charge is 0.242 e. The minimum Gasteiger partial charge on any atom is -0.508 e. The van der Waals surface area contributed by atoms with E-state index in [0.717, 1.165) is 29.5 Å². The molecular weight excluding hydrogens is 378 g/mol. The van der Waals surface area contributed by atoms with Gasteiger partial charge >= 0.3 is 0 Å². The Morgan fingerprint density at radius 3 is 2.53 bits per heavy atom. The van der Waals surface area contributed by atoms with Gasteiger partial charge in [-0.1, -0.05) is 48.9 Å². The molecule has 2 aromatic rings. The van der Waals surface area contributed by atoms with Gasteiger partial charge in [0.05, 0.1) is 12.1 Å². The molecule has 0 aromatic heterocycles. The van der Waals surface area contributed by atoms with Crippen LogP contribution in [-0.4, -0.2) is 42.2 Å². The van der Waals surface area contributed by atoms with Crippen LogP contribution in [0.15, 0.2) is 42.5 Å². The number of ether oxygens (including phenoxy) is 1. The second kappa shape index (κ2) is 8.76. The van der Waals surface area contributed by atoms with Gasteiger partial charge in [0.15, 0.2) is 0 Å². The van der Waals surface area contributed by atoms with Crippen LogP contribution in [-0.2, 0) is 16.0 Å². The van der Waals surface area contributed by atoms with Crippen molar-refractivity contribution in [3.8, 4) is 5.75 Å². The number of carbonyl (C=O) groups is 1. The molecule has 2 heterocycles. The van der Waals surface area contributed by atoms with Gasteiger partial charge in [-0.15, -0.1) is 0 Å². The first kappa shape index (κ1) is 20.8. The standard InChI is InChI=1S/C24H31N3O3/c1-4-16-7-9-17(10-8-16)23-20-21(18-14-15(2)6-11-19(18)28)25-26-22(20)24(29)27(23)12-5-13-30-3/h6-11,14,20-23,25-26,28H,4-5,12-13H2,1-3H3. The number of amides is 1. The van der Waals surface area contributed by atoms with Gasteiger partial charge in [-0.05, 0) is 37.0 Å². The van der Waals surface area contributed by atoms with E-state index in [0.29, 0.717) is 13.2 Å². The fraction of sp³-hybridized carbons (Fsp3) is 0.458. The van der Waals surface area contributed by atoms with Crippen LogP contribution in [0.1, 0.15) is 47.7 Å². The summed E-state index contributed by atoms with van der Waals surface area (Å²) in [6.07, 6.45) is 1.77. The molecule has 160 valence electrons. The highest BCUT2D eigenvalue weighted by molar-refractivity contribution is 5.86. The summed E-state index contributed by atoms with van der Waals surface area (Å²) in [7, 11) is 1.68. The van der Waals surface area contributed by atoms with E-state index in [2.05, 4.69) is 42.0 Å². The Labute approximate surface area is 178 Å². The molecule has 30 heavy (non-hydrogen) atoms. The minimum absolute atomic E-state index is 0.0276. The molecular formula is C24H31N3O3. The maximum atomic E-state index is 13.3. The highest BCUT2D eigenvalue weighted by Crippen LogP contribution is 2.48. The molecule has 0 aliphatic carbocycles. The Balaban J connectivity index is 1.73. The maximum Gasteiger partial charge on any atom is 0.242 e. The molecule has 6 nitrogen and oxygen atoms in total. The van der Waals surface area contributed by atoms with Crippen LogP contribution < -0.4 is 10.9 Å². The first-order valence-electron chi connectivity index (χ1n) is 10.7. The number of nitrogens with one attached hydrogen (secondary N) is 2. The normalized spacial score (nSPS) is 25.7. The molecule has 6 heteroatoms. The molecule has 2 aromatic carbocycles. The maximum absolute atomic E-state index is 13.3. The topological polar surface area (TPSA) is 73.8 Å². The molecule has 2 saturated heterocycles. The van der Waals surface area contributed by atoms with Crippen LogP contribution in [0.2, 0.25) is 0 Å². The van der Waals surface area contributed by atoms with Gasteiger partial charge in [-0.2, -0.15) is 0 Å². The summed E-state index contributed by atoms with van der Waals surface area (Å²) in [6.45, 7) is 5.42. The monoisotopic (exact) mass is 409 g/mol. The highest BCUT2D eigenvalue weighted by atomic mass is 16.5. The van der Waals surface area contributed by atoms with Gasteiger partial charge in [0.2, 0.25) is 5.91 Å². The van der Waals surface area contributed by atoms with E-state index in [1.54, 1.807) is 13.2 Å². The summed E-state index contributed by atoms with van der Waals surface area (Å²) in [6, 6.07) is 13.7.